The summed E-state index contributed by atoms with van der Waals surface area (Å²) in [7, 11) is 0. The second-order valence-corrected chi connectivity index (χ2v) is 13.7. The van der Waals surface area contributed by atoms with E-state index in [0.717, 1.165) is 24.0 Å². The molecule has 52 heavy (non-hydrogen) atoms. The average molecular weight is 732 g/mol. The smallest absolute Gasteiger partial charge is 0.229 e. The van der Waals surface area contributed by atoms with Gasteiger partial charge in [-0.25, -0.2) is 0 Å². The molecule has 14 atom stereocenters. The van der Waals surface area contributed by atoms with E-state index >= 15 is 0 Å². The van der Waals surface area contributed by atoms with Crippen molar-refractivity contribution in [3.63, 3.8) is 0 Å². The molecule has 0 bridgehead atoms. The van der Waals surface area contributed by atoms with Gasteiger partial charge in [-0.3, -0.25) is 0 Å². The zero-order chi connectivity index (χ0) is 37.9. The minimum Gasteiger partial charge on any atom is -0.462 e. The van der Waals surface area contributed by atoms with Crippen molar-refractivity contribution in [2.75, 3.05) is 13.2 Å². The predicted octanol–water partition coefficient (Wildman–Crippen LogP) is -0.263. The number of allylic oxidation sites excluding steroid dienone is 2. The van der Waals surface area contributed by atoms with Crippen molar-refractivity contribution < 1.29 is 64.9 Å². The molecule has 0 spiro atoms. The lowest BCUT2D eigenvalue weighted by Crippen LogP contribution is -2.68. The van der Waals surface area contributed by atoms with Gasteiger partial charge in [0.2, 0.25) is 6.29 Å². The zero-order valence-corrected chi connectivity index (χ0v) is 29.8. The first kappa shape index (κ1) is 40.4. The van der Waals surface area contributed by atoms with Crippen molar-refractivity contribution in [1.82, 2.24) is 5.32 Å². The highest BCUT2D eigenvalue weighted by Gasteiger charge is 2.51. The summed E-state index contributed by atoms with van der Waals surface area (Å²) in [6, 6.07) is 13.7. The van der Waals surface area contributed by atoms with Crippen molar-refractivity contribution in [1.29, 1.82) is 0 Å². The van der Waals surface area contributed by atoms with Gasteiger partial charge >= 0.3 is 0 Å². The highest BCUT2D eigenvalue weighted by molar-refractivity contribution is 5.90. The van der Waals surface area contributed by atoms with Gasteiger partial charge in [0.25, 0.3) is 0 Å². The molecule has 1 aliphatic carbocycles. The molecule has 2 aliphatic heterocycles. The van der Waals surface area contributed by atoms with E-state index in [4.69, 9.17) is 18.9 Å². The van der Waals surface area contributed by atoms with Gasteiger partial charge in [-0.05, 0) is 66.7 Å². The molecule has 5 rings (SSSR count). The van der Waals surface area contributed by atoms with Crippen molar-refractivity contribution in [2.45, 2.75) is 126 Å². The molecule has 2 fully saturated rings. The van der Waals surface area contributed by atoms with Gasteiger partial charge in [-0.2, -0.15) is 0 Å². The first-order chi connectivity index (χ1) is 24.8. The van der Waals surface area contributed by atoms with Crippen LogP contribution in [0, 0.1) is 6.92 Å². The van der Waals surface area contributed by atoms with E-state index in [1.165, 1.54) is 22.8 Å². The van der Waals surface area contributed by atoms with Crippen LogP contribution in [-0.2, 0) is 14.2 Å². The van der Waals surface area contributed by atoms with Crippen LogP contribution in [0.3, 0.4) is 0 Å². The fourth-order valence-corrected chi connectivity index (χ4v) is 7.22. The Morgan fingerprint density at radius 3 is 1.85 bits per heavy atom. The predicted molar refractivity (Wildman–Crippen MR) is 189 cm³/mol. The van der Waals surface area contributed by atoms with Gasteiger partial charge in [0, 0.05) is 0 Å². The molecule has 0 amide bonds. The van der Waals surface area contributed by atoms with Gasteiger partial charge < -0.3 is 70.2 Å². The van der Waals surface area contributed by atoms with Crippen molar-refractivity contribution in [3.05, 3.63) is 76.9 Å². The summed E-state index contributed by atoms with van der Waals surface area (Å²) in [5.41, 5.74) is 5.85. The largest absolute Gasteiger partial charge is 0.462 e. The minimum absolute atomic E-state index is 0.0670. The summed E-state index contributed by atoms with van der Waals surface area (Å²) in [5, 5.41) is 97.6. The molecule has 0 radical (unpaired) electrons. The van der Waals surface area contributed by atoms with E-state index in [1.54, 1.807) is 19.1 Å². The van der Waals surface area contributed by atoms with E-state index in [9.17, 15) is 46.0 Å². The molecule has 2 heterocycles. The lowest BCUT2D eigenvalue weighted by Gasteiger charge is -2.47. The van der Waals surface area contributed by atoms with Gasteiger partial charge in [-0.15, -0.1) is 0 Å². The maximum Gasteiger partial charge on any atom is 0.229 e. The van der Waals surface area contributed by atoms with Crippen LogP contribution >= 0.6 is 0 Å². The Morgan fingerprint density at radius 1 is 0.712 bits per heavy atom. The molecule has 2 aromatic carbocycles. The van der Waals surface area contributed by atoms with Gasteiger partial charge in [0.15, 0.2) is 6.29 Å². The van der Waals surface area contributed by atoms with E-state index in [0.29, 0.717) is 5.75 Å². The van der Waals surface area contributed by atoms with Crippen LogP contribution in [0.1, 0.15) is 50.3 Å². The van der Waals surface area contributed by atoms with Crippen LogP contribution in [0.15, 0.2) is 60.2 Å². The molecule has 14 unspecified atom stereocenters. The van der Waals surface area contributed by atoms with Crippen LogP contribution in [0.5, 0.6) is 5.75 Å². The second-order valence-electron chi connectivity index (χ2n) is 13.7. The molecule has 2 aromatic rings. The molecule has 2 saturated heterocycles. The molecule has 0 saturated carbocycles. The molecule has 14 nitrogen and oxygen atoms in total. The fourth-order valence-electron chi connectivity index (χ4n) is 7.22. The zero-order valence-electron chi connectivity index (χ0n) is 29.8. The number of hydrogen-bond donors (Lipinski definition) is 10. The first-order valence-electron chi connectivity index (χ1n) is 17.8. The topological polar surface area (TPSA) is 231 Å². The lowest BCUT2D eigenvalue weighted by molar-refractivity contribution is -0.342. The molecule has 0 aromatic heterocycles. The standard InChI is InChI=1S/C38H53NO13/c1-5-24(20-9-7-18(3)8-10-20)25(6-2)21-11-13-23(14-12-21)50-38-35(48)33(46)36(27(17-41)51-38)52-37-34(47)31(44)28(19(4)49-37)39-26-15-22(16-40)29(42)32(45)30(26)43/h7-15,19,26-48H,5-6,16-17H2,1-4H3/b25-24-. The van der Waals surface area contributed by atoms with Crippen molar-refractivity contribution >= 4 is 11.1 Å². The Bertz CT molecular complexity index is 1520. The molecular weight excluding hydrogens is 678 g/mol. The molecule has 3 aliphatic rings. The third-order valence-corrected chi connectivity index (χ3v) is 10.3. The van der Waals surface area contributed by atoms with Crippen LogP contribution in [-0.4, -0.2) is 145 Å². The maximum atomic E-state index is 11.1. The summed E-state index contributed by atoms with van der Waals surface area (Å²) in [5.74, 6) is 0.354. The quantitative estimate of drug-likeness (QED) is 0.100. The molecule has 14 heteroatoms. The van der Waals surface area contributed by atoms with Crippen molar-refractivity contribution in [2.24, 2.45) is 0 Å². The number of rotatable bonds is 12. The Morgan fingerprint density at radius 2 is 1.29 bits per heavy atom. The normalized spacial score (nSPS) is 37.3. The number of ether oxygens (including phenoxy) is 4. The number of benzene rings is 2. The van der Waals surface area contributed by atoms with Gasteiger partial charge in [0.05, 0.1) is 31.4 Å². The first-order valence-corrected chi connectivity index (χ1v) is 17.8. The number of aliphatic hydroxyl groups is 9. The van der Waals surface area contributed by atoms with Crippen LogP contribution in [0.25, 0.3) is 11.1 Å². The number of aryl methyl sites for hydroxylation is 1. The van der Waals surface area contributed by atoms with Crippen LogP contribution < -0.4 is 10.1 Å². The molecule has 288 valence electrons. The molecule has 10 N–H and O–H groups in total. The van der Waals surface area contributed by atoms with Gasteiger partial charge in [-0.1, -0.05) is 61.9 Å². The second kappa shape index (κ2) is 17.6. The Kier molecular flexibility index (Phi) is 13.6. The highest BCUT2D eigenvalue weighted by atomic mass is 16.7. The fraction of sp³-hybridized carbons (Fsp3) is 0.579. The van der Waals surface area contributed by atoms with Crippen LogP contribution in [0.2, 0.25) is 0 Å². The monoisotopic (exact) mass is 731 g/mol. The average Bonchev–Trinajstić information content (AvgIpc) is 3.14. The van der Waals surface area contributed by atoms with Gasteiger partial charge in [0.1, 0.15) is 60.7 Å². The highest BCUT2D eigenvalue weighted by Crippen LogP contribution is 2.34. The number of nitrogens with one attached hydrogen (secondary N) is 1. The van der Waals surface area contributed by atoms with Crippen molar-refractivity contribution in [3.8, 4) is 5.75 Å². The summed E-state index contributed by atoms with van der Waals surface area (Å²) in [6.45, 7) is 6.60. The number of hydrogen-bond acceptors (Lipinski definition) is 14. The Balaban J connectivity index is 1.24. The van der Waals surface area contributed by atoms with E-state index in [1.807, 2.05) is 12.1 Å². The Labute approximate surface area is 303 Å². The SMILES string of the molecule is CC/C(=C(\CC)c1ccc(OC2OC(CO)C(OC3OC(C)C(NC4C=C(CO)C(O)C(O)C4O)C(O)C3O)C(O)C2O)cc1)c1ccc(C)cc1. The summed E-state index contributed by atoms with van der Waals surface area (Å²) in [4.78, 5) is 0. The third kappa shape index (κ3) is 8.45. The van der Waals surface area contributed by atoms with E-state index < -0.39 is 98.9 Å². The summed E-state index contributed by atoms with van der Waals surface area (Å²) < 4.78 is 23.4. The maximum absolute atomic E-state index is 11.1. The van der Waals surface area contributed by atoms with E-state index in [2.05, 4.69) is 50.4 Å². The van der Waals surface area contributed by atoms with Crippen LogP contribution in [0.4, 0.5) is 0 Å². The Hall–Kier alpha value is -2.80. The summed E-state index contributed by atoms with van der Waals surface area (Å²) >= 11 is 0. The third-order valence-electron chi connectivity index (χ3n) is 10.3. The minimum atomic E-state index is -1.72. The summed E-state index contributed by atoms with van der Waals surface area (Å²) in [6.07, 6.45) is -14.7. The molecular formula is C38H53NO13. The lowest BCUT2D eigenvalue weighted by atomic mass is 9.86. The number of aliphatic hydroxyl groups excluding tert-OH is 9. The van der Waals surface area contributed by atoms with E-state index in [-0.39, 0.29) is 5.57 Å².